The molecule has 0 saturated heterocycles. The molecule has 2 aromatic rings. The summed E-state index contributed by atoms with van der Waals surface area (Å²) in [5.74, 6) is 0.0314. The highest BCUT2D eigenvalue weighted by molar-refractivity contribution is 5.97. The number of phenolic OH excluding ortho intramolecular Hbond substituents is 1. The van der Waals surface area contributed by atoms with E-state index in [1.165, 1.54) is 18.2 Å². The second-order valence-electron chi connectivity index (χ2n) is 9.73. The first-order chi connectivity index (χ1) is 16.6. The highest BCUT2D eigenvalue weighted by atomic mass is 19.1. The number of alkyl carbamates (subject to hydrolysis) is 1. The van der Waals surface area contributed by atoms with E-state index < -0.39 is 23.1 Å². The first-order valence-corrected chi connectivity index (χ1v) is 11.4. The lowest BCUT2D eigenvalue weighted by Crippen LogP contribution is -2.46. The molecule has 8 nitrogen and oxygen atoms in total. The van der Waals surface area contributed by atoms with E-state index in [0.717, 1.165) is 12.0 Å². The Labute approximate surface area is 202 Å². The Balaban J connectivity index is 1.66. The standard InChI is InChI=1S/C26H27FN2O6/c1-25(2,3)35-24(31)28-22-13-33-14-26(29-22)18-11-17(30)6-7-21(18)34-23-19(26)9-16(10-20(23)27)15-5-4-8-32-12-15/h5-7,9-11,30H,4,8,12-14H2,1-3H3,(H,28,29,31). The minimum absolute atomic E-state index is 0.00221. The summed E-state index contributed by atoms with van der Waals surface area (Å²) < 4.78 is 38.2. The van der Waals surface area contributed by atoms with Crippen LogP contribution in [0.15, 0.2) is 41.4 Å². The molecular weight excluding hydrogens is 455 g/mol. The van der Waals surface area contributed by atoms with Crippen molar-refractivity contribution in [2.45, 2.75) is 38.3 Å². The smallest absolute Gasteiger partial charge is 0.413 e. The zero-order valence-corrected chi connectivity index (χ0v) is 19.8. The molecule has 3 aliphatic rings. The molecule has 0 fully saturated rings. The molecule has 184 valence electrons. The SMILES string of the molecule is CC(C)(C)OC(=O)NC1=NC2(COC1)c1cc(O)ccc1Oc1c(F)cc(C3=CCCOC3)cc12. The lowest BCUT2D eigenvalue weighted by atomic mass is 9.79. The number of nitrogens with zero attached hydrogens (tertiary/aromatic N) is 1. The van der Waals surface area contributed by atoms with Gasteiger partial charge in [0.15, 0.2) is 11.6 Å². The molecule has 3 heterocycles. The van der Waals surface area contributed by atoms with Crippen LogP contribution in [-0.4, -0.2) is 49.1 Å². The van der Waals surface area contributed by atoms with Crippen LogP contribution in [-0.2, 0) is 19.7 Å². The number of aromatic hydroxyl groups is 1. The number of carbonyl (C=O) groups is 1. The highest BCUT2D eigenvalue weighted by Crippen LogP contribution is 2.52. The molecule has 0 aromatic heterocycles. The van der Waals surface area contributed by atoms with Crippen molar-refractivity contribution >= 4 is 17.5 Å². The van der Waals surface area contributed by atoms with E-state index in [9.17, 15) is 9.90 Å². The number of ether oxygens (including phenoxy) is 4. The van der Waals surface area contributed by atoms with Crippen molar-refractivity contribution < 1.29 is 33.2 Å². The molecule has 3 aliphatic heterocycles. The second-order valence-corrected chi connectivity index (χ2v) is 9.73. The van der Waals surface area contributed by atoms with Gasteiger partial charge in [0.2, 0.25) is 0 Å². The third kappa shape index (κ3) is 4.49. The van der Waals surface area contributed by atoms with E-state index in [0.29, 0.717) is 35.7 Å². The summed E-state index contributed by atoms with van der Waals surface area (Å²) >= 11 is 0. The molecule has 0 aliphatic carbocycles. The lowest BCUT2D eigenvalue weighted by Gasteiger charge is -2.40. The van der Waals surface area contributed by atoms with Gasteiger partial charge in [-0.1, -0.05) is 6.08 Å². The van der Waals surface area contributed by atoms with E-state index >= 15 is 4.39 Å². The predicted molar refractivity (Wildman–Crippen MR) is 126 cm³/mol. The monoisotopic (exact) mass is 482 g/mol. The Bertz CT molecular complexity index is 1250. The normalized spacial score (nSPS) is 21.3. The van der Waals surface area contributed by atoms with Crippen molar-refractivity contribution in [3.05, 3.63) is 58.9 Å². The van der Waals surface area contributed by atoms with Crippen molar-refractivity contribution in [2.24, 2.45) is 4.99 Å². The Morgan fingerprint density at radius 1 is 1.17 bits per heavy atom. The molecule has 9 heteroatoms. The second kappa shape index (κ2) is 8.66. The summed E-state index contributed by atoms with van der Waals surface area (Å²) in [6.45, 7) is 6.35. The lowest BCUT2D eigenvalue weighted by molar-refractivity contribution is 0.0545. The van der Waals surface area contributed by atoms with Crippen LogP contribution in [0, 0.1) is 5.82 Å². The van der Waals surface area contributed by atoms with Crippen LogP contribution in [0.5, 0.6) is 17.2 Å². The van der Waals surface area contributed by atoms with Gasteiger partial charge >= 0.3 is 6.09 Å². The van der Waals surface area contributed by atoms with E-state index in [1.807, 2.05) is 12.1 Å². The summed E-state index contributed by atoms with van der Waals surface area (Å²) in [6, 6.07) is 7.78. The van der Waals surface area contributed by atoms with Crippen molar-refractivity contribution in [2.75, 3.05) is 26.4 Å². The molecular formula is C26H27FN2O6. The van der Waals surface area contributed by atoms with Gasteiger partial charge in [-0.05, 0) is 68.7 Å². The van der Waals surface area contributed by atoms with Gasteiger partial charge in [0.1, 0.15) is 35.1 Å². The maximum absolute atomic E-state index is 15.5. The molecule has 2 aromatic carbocycles. The first-order valence-electron chi connectivity index (χ1n) is 11.4. The third-order valence-corrected chi connectivity index (χ3v) is 5.91. The van der Waals surface area contributed by atoms with Crippen LogP contribution in [0.4, 0.5) is 9.18 Å². The molecule has 2 N–H and O–H groups in total. The van der Waals surface area contributed by atoms with Crippen molar-refractivity contribution in [3.63, 3.8) is 0 Å². The highest BCUT2D eigenvalue weighted by Gasteiger charge is 2.46. The van der Waals surface area contributed by atoms with Gasteiger partial charge in [0, 0.05) is 11.1 Å². The van der Waals surface area contributed by atoms with Gasteiger partial charge in [-0.2, -0.15) is 0 Å². The topological polar surface area (TPSA) is 98.6 Å². The Morgan fingerprint density at radius 2 is 2.00 bits per heavy atom. The van der Waals surface area contributed by atoms with E-state index in [2.05, 4.69) is 5.32 Å². The summed E-state index contributed by atoms with van der Waals surface area (Å²) in [6.07, 6.45) is 2.08. The Kier molecular flexibility index (Phi) is 5.77. The van der Waals surface area contributed by atoms with Gasteiger partial charge in [-0.25, -0.2) is 9.18 Å². The number of benzene rings is 2. The van der Waals surface area contributed by atoms with Crippen LogP contribution in [0.25, 0.3) is 5.57 Å². The number of amides is 1. The van der Waals surface area contributed by atoms with Gasteiger partial charge in [-0.15, -0.1) is 0 Å². The minimum Gasteiger partial charge on any atom is -0.508 e. The molecule has 1 atom stereocenters. The van der Waals surface area contributed by atoms with E-state index in [4.69, 9.17) is 23.9 Å². The van der Waals surface area contributed by atoms with E-state index in [-0.39, 0.29) is 30.5 Å². The molecule has 0 radical (unpaired) electrons. The number of nitrogens with one attached hydrogen (secondary N) is 1. The number of carbonyl (C=O) groups excluding carboxylic acids is 1. The van der Waals surface area contributed by atoms with Gasteiger partial charge < -0.3 is 24.1 Å². The van der Waals surface area contributed by atoms with Crippen molar-refractivity contribution in [1.29, 1.82) is 0 Å². The maximum atomic E-state index is 15.5. The van der Waals surface area contributed by atoms with Crippen molar-refractivity contribution in [1.82, 2.24) is 5.32 Å². The fourth-order valence-electron chi connectivity index (χ4n) is 4.49. The molecule has 1 amide bonds. The average Bonchev–Trinajstić information content (AvgIpc) is 2.80. The fourth-order valence-corrected chi connectivity index (χ4v) is 4.49. The van der Waals surface area contributed by atoms with Crippen LogP contribution >= 0.6 is 0 Å². The van der Waals surface area contributed by atoms with E-state index in [1.54, 1.807) is 26.8 Å². The number of fused-ring (bicyclic) bond motifs is 4. The maximum Gasteiger partial charge on any atom is 0.413 e. The number of rotatable bonds is 1. The van der Waals surface area contributed by atoms with Crippen molar-refractivity contribution in [3.8, 4) is 17.2 Å². The molecule has 0 saturated carbocycles. The molecule has 35 heavy (non-hydrogen) atoms. The van der Waals surface area contributed by atoms with Gasteiger partial charge in [0.25, 0.3) is 0 Å². The quantitative estimate of drug-likeness (QED) is 0.615. The number of phenols is 1. The van der Waals surface area contributed by atoms with Crippen LogP contribution in [0.1, 0.15) is 43.9 Å². The minimum atomic E-state index is -1.27. The van der Waals surface area contributed by atoms with Crippen LogP contribution < -0.4 is 10.1 Å². The van der Waals surface area contributed by atoms with Crippen LogP contribution in [0.2, 0.25) is 0 Å². The third-order valence-electron chi connectivity index (χ3n) is 5.91. The summed E-state index contributed by atoms with van der Waals surface area (Å²) in [7, 11) is 0. The average molecular weight is 483 g/mol. The van der Waals surface area contributed by atoms with Crippen LogP contribution in [0.3, 0.4) is 0 Å². The molecule has 1 unspecified atom stereocenters. The molecule has 5 rings (SSSR count). The summed E-state index contributed by atoms with van der Waals surface area (Å²) in [5, 5.41) is 12.9. The predicted octanol–water partition coefficient (Wildman–Crippen LogP) is 4.64. The Hall–Kier alpha value is -3.43. The molecule has 0 bridgehead atoms. The Morgan fingerprint density at radius 3 is 2.74 bits per heavy atom. The van der Waals surface area contributed by atoms with Gasteiger partial charge in [0.05, 0.1) is 19.8 Å². The summed E-state index contributed by atoms with van der Waals surface area (Å²) in [4.78, 5) is 17.3. The zero-order chi connectivity index (χ0) is 24.8. The fraction of sp³-hybridized carbons (Fsp3) is 0.385. The largest absolute Gasteiger partial charge is 0.508 e. The number of amidine groups is 1. The first kappa shape index (κ1) is 23.3. The number of hydrogen-bond acceptors (Lipinski definition) is 7. The molecule has 1 spiro atoms. The van der Waals surface area contributed by atoms with Gasteiger partial charge in [-0.3, -0.25) is 10.3 Å². The number of aliphatic imine (C=N–C) groups is 1. The number of halogens is 1. The number of hydrogen-bond donors (Lipinski definition) is 2. The zero-order valence-electron chi connectivity index (χ0n) is 19.8. The summed E-state index contributed by atoms with van der Waals surface area (Å²) in [5.41, 5.74) is 0.475.